The quantitative estimate of drug-likeness (QED) is 0.866. The molecule has 0 saturated carbocycles. The highest BCUT2D eigenvalue weighted by molar-refractivity contribution is 5.45. The molecule has 1 fully saturated rings. The molecule has 2 heterocycles. The topological polar surface area (TPSA) is 52.4 Å². The van der Waals surface area contributed by atoms with E-state index in [2.05, 4.69) is 26.9 Å². The summed E-state index contributed by atoms with van der Waals surface area (Å²) in [6, 6.07) is 14.3. The summed E-state index contributed by atoms with van der Waals surface area (Å²) >= 11 is 0. The van der Waals surface area contributed by atoms with Gasteiger partial charge in [0.25, 0.3) is 0 Å². The van der Waals surface area contributed by atoms with Gasteiger partial charge in [-0.25, -0.2) is 4.98 Å². The molecule has 2 aromatic rings. The first kappa shape index (κ1) is 16.3. The van der Waals surface area contributed by atoms with E-state index in [1.807, 2.05) is 37.3 Å². The first-order valence-electron chi connectivity index (χ1n) is 8.18. The lowest BCUT2D eigenvalue weighted by Gasteiger charge is -2.35. The van der Waals surface area contributed by atoms with Crippen LogP contribution in [0, 0.1) is 18.3 Å². The van der Waals surface area contributed by atoms with Crippen LogP contribution in [0.2, 0.25) is 0 Å². The molecule has 1 aliphatic heterocycles. The molecule has 1 saturated heterocycles. The lowest BCUT2D eigenvalue weighted by atomic mass is 10.1. The van der Waals surface area contributed by atoms with Crippen LogP contribution < -0.4 is 9.64 Å². The maximum Gasteiger partial charge on any atom is 0.145 e. The molecule has 0 radical (unpaired) electrons. The Balaban J connectivity index is 1.63. The number of hydrogen-bond acceptors (Lipinski definition) is 5. The lowest BCUT2D eigenvalue weighted by molar-refractivity contribution is 0.245. The Bertz CT molecular complexity index is 745. The smallest absolute Gasteiger partial charge is 0.145 e. The number of pyridine rings is 1. The molecule has 3 rings (SSSR count). The molecule has 5 heteroatoms. The summed E-state index contributed by atoms with van der Waals surface area (Å²) in [5.74, 6) is 1.84. The summed E-state index contributed by atoms with van der Waals surface area (Å²) in [4.78, 5) is 9.15. The van der Waals surface area contributed by atoms with Crippen LogP contribution in [0.5, 0.6) is 5.75 Å². The third-order valence-corrected chi connectivity index (χ3v) is 4.47. The van der Waals surface area contributed by atoms with E-state index < -0.39 is 0 Å². The fraction of sp³-hybridized carbons (Fsp3) is 0.368. The Labute approximate surface area is 143 Å². The summed E-state index contributed by atoms with van der Waals surface area (Å²) < 4.78 is 5.44. The Morgan fingerprint density at radius 1 is 1.12 bits per heavy atom. The minimum absolute atomic E-state index is 0.518. The molecule has 0 N–H and O–H groups in total. The van der Waals surface area contributed by atoms with E-state index in [0.717, 1.165) is 49.9 Å². The van der Waals surface area contributed by atoms with Crippen LogP contribution in [-0.4, -0.2) is 43.2 Å². The van der Waals surface area contributed by atoms with Crippen molar-refractivity contribution in [2.24, 2.45) is 0 Å². The minimum atomic E-state index is 0.518. The van der Waals surface area contributed by atoms with Gasteiger partial charge in [-0.1, -0.05) is 24.3 Å². The molecule has 24 heavy (non-hydrogen) atoms. The zero-order chi connectivity index (χ0) is 16.9. The molecular weight excluding hydrogens is 300 g/mol. The summed E-state index contributed by atoms with van der Waals surface area (Å²) in [6.45, 7) is 6.57. The van der Waals surface area contributed by atoms with Crippen molar-refractivity contribution < 1.29 is 4.74 Å². The number of methoxy groups -OCH3 is 1. The van der Waals surface area contributed by atoms with Crippen molar-refractivity contribution in [2.75, 3.05) is 38.2 Å². The van der Waals surface area contributed by atoms with Gasteiger partial charge in [-0.15, -0.1) is 0 Å². The number of ether oxygens (including phenoxy) is 1. The van der Waals surface area contributed by atoms with Crippen LogP contribution in [-0.2, 0) is 6.54 Å². The van der Waals surface area contributed by atoms with E-state index in [9.17, 15) is 0 Å². The van der Waals surface area contributed by atoms with E-state index in [1.54, 1.807) is 7.11 Å². The Hall–Kier alpha value is -2.58. The number of aromatic nitrogens is 1. The van der Waals surface area contributed by atoms with E-state index in [4.69, 9.17) is 10.00 Å². The van der Waals surface area contributed by atoms with Gasteiger partial charge < -0.3 is 9.64 Å². The first-order chi connectivity index (χ1) is 11.7. The molecular formula is C19H22N4O. The number of aryl methyl sites for hydroxylation is 1. The van der Waals surface area contributed by atoms with Crippen molar-refractivity contribution in [1.82, 2.24) is 9.88 Å². The normalized spacial score (nSPS) is 15.1. The van der Waals surface area contributed by atoms with Crippen LogP contribution in [0.1, 0.15) is 16.8 Å². The molecule has 1 aliphatic rings. The maximum atomic E-state index is 9.15. The van der Waals surface area contributed by atoms with Gasteiger partial charge in [0.2, 0.25) is 0 Å². The van der Waals surface area contributed by atoms with Crippen molar-refractivity contribution >= 4 is 5.82 Å². The van der Waals surface area contributed by atoms with Gasteiger partial charge in [-0.3, -0.25) is 4.90 Å². The van der Waals surface area contributed by atoms with Gasteiger partial charge in [0.1, 0.15) is 23.3 Å². The number of nitriles is 1. The monoisotopic (exact) mass is 322 g/mol. The number of nitrogens with zero attached hydrogens (tertiary/aromatic N) is 4. The molecule has 1 aromatic carbocycles. The Morgan fingerprint density at radius 2 is 1.88 bits per heavy atom. The van der Waals surface area contributed by atoms with Crippen molar-refractivity contribution in [3.05, 3.63) is 53.2 Å². The molecule has 0 atom stereocenters. The molecule has 0 amide bonds. The van der Waals surface area contributed by atoms with Gasteiger partial charge in [0.15, 0.2) is 0 Å². The predicted molar refractivity (Wildman–Crippen MR) is 94.2 cm³/mol. The molecule has 124 valence electrons. The van der Waals surface area contributed by atoms with E-state index >= 15 is 0 Å². The van der Waals surface area contributed by atoms with Gasteiger partial charge in [-0.2, -0.15) is 5.26 Å². The van der Waals surface area contributed by atoms with Gasteiger partial charge in [-0.05, 0) is 24.6 Å². The van der Waals surface area contributed by atoms with Crippen LogP contribution in [0.4, 0.5) is 5.82 Å². The highest BCUT2D eigenvalue weighted by Gasteiger charge is 2.19. The number of anilines is 1. The van der Waals surface area contributed by atoms with E-state index in [-0.39, 0.29) is 0 Å². The maximum absolute atomic E-state index is 9.15. The number of benzene rings is 1. The van der Waals surface area contributed by atoms with Gasteiger partial charge >= 0.3 is 0 Å². The second kappa shape index (κ2) is 7.33. The highest BCUT2D eigenvalue weighted by Crippen LogP contribution is 2.21. The highest BCUT2D eigenvalue weighted by atomic mass is 16.5. The number of piperazine rings is 1. The Morgan fingerprint density at radius 3 is 2.58 bits per heavy atom. The summed E-state index contributed by atoms with van der Waals surface area (Å²) in [5, 5.41) is 9.15. The number of rotatable bonds is 4. The molecule has 5 nitrogen and oxygen atoms in total. The summed E-state index contributed by atoms with van der Waals surface area (Å²) in [6.07, 6.45) is 0. The second-order valence-electron chi connectivity index (χ2n) is 6.02. The second-order valence-corrected chi connectivity index (χ2v) is 6.02. The third-order valence-electron chi connectivity index (χ3n) is 4.47. The fourth-order valence-electron chi connectivity index (χ4n) is 3.02. The van der Waals surface area contributed by atoms with Crippen LogP contribution in [0.3, 0.4) is 0 Å². The average molecular weight is 322 g/mol. The molecule has 1 aromatic heterocycles. The van der Waals surface area contributed by atoms with E-state index in [0.29, 0.717) is 5.69 Å². The fourth-order valence-corrected chi connectivity index (χ4v) is 3.02. The van der Waals surface area contributed by atoms with Gasteiger partial charge in [0, 0.05) is 38.3 Å². The average Bonchev–Trinajstić information content (AvgIpc) is 2.63. The predicted octanol–water partition coefficient (Wildman–Crippen LogP) is 2.59. The molecule has 0 spiro atoms. The standard InChI is InChI=1S/C19H22N4O/c1-15-7-8-19(21-17(15)13-20)23-11-9-22(10-12-23)14-16-5-3-4-6-18(16)24-2/h3-8H,9-12,14H2,1-2H3. The molecule has 0 aliphatic carbocycles. The van der Waals surface area contributed by atoms with Crippen LogP contribution >= 0.6 is 0 Å². The number of para-hydroxylation sites is 1. The van der Waals surface area contributed by atoms with Crippen molar-refractivity contribution in [3.63, 3.8) is 0 Å². The van der Waals surface area contributed by atoms with Crippen LogP contribution in [0.15, 0.2) is 36.4 Å². The van der Waals surface area contributed by atoms with Crippen molar-refractivity contribution in [1.29, 1.82) is 5.26 Å². The zero-order valence-electron chi connectivity index (χ0n) is 14.2. The van der Waals surface area contributed by atoms with Gasteiger partial charge in [0.05, 0.1) is 7.11 Å². The first-order valence-corrected chi connectivity index (χ1v) is 8.18. The largest absolute Gasteiger partial charge is 0.496 e. The van der Waals surface area contributed by atoms with Crippen LogP contribution in [0.25, 0.3) is 0 Å². The molecule has 0 unspecified atom stereocenters. The minimum Gasteiger partial charge on any atom is -0.496 e. The number of hydrogen-bond donors (Lipinski definition) is 0. The Kier molecular flexibility index (Phi) is 4.97. The van der Waals surface area contributed by atoms with Crippen molar-refractivity contribution in [2.45, 2.75) is 13.5 Å². The molecule has 0 bridgehead atoms. The third kappa shape index (κ3) is 3.50. The van der Waals surface area contributed by atoms with Crippen molar-refractivity contribution in [3.8, 4) is 11.8 Å². The lowest BCUT2D eigenvalue weighted by Crippen LogP contribution is -2.46. The summed E-state index contributed by atoms with van der Waals surface area (Å²) in [5.41, 5.74) is 2.66. The zero-order valence-corrected chi connectivity index (χ0v) is 14.2. The summed E-state index contributed by atoms with van der Waals surface area (Å²) in [7, 11) is 1.71. The van der Waals surface area contributed by atoms with E-state index in [1.165, 1.54) is 5.56 Å². The SMILES string of the molecule is COc1ccccc1CN1CCN(c2ccc(C)c(C#N)n2)CC1.